The summed E-state index contributed by atoms with van der Waals surface area (Å²) in [5.41, 5.74) is 6.64. The number of aliphatic hydroxyl groups is 3. The van der Waals surface area contributed by atoms with Gasteiger partial charge in [0.25, 0.3) is 0 Å². The zero-order chi connectivity index (χ0) is 98.1. The molecule has 0 aliphatic carbocycles. The average Bonchev–Trinajstić information content (AvgIpc) is 1.71. The molecule has 724 valence electrons. The first-order valence-electron chi connectivity index (χ1n) is 42.0. The molecule has 1 aromatic heterocycles. The average molecular weight is 1880 g/mol. The van der Waals surface area contributed by atoms with Crippen LogP contribution in [-0.2, 0) is 102 Å². The van der Waals surface area contributed by atoms with Gasteiger partial charge in [-0.15, -0.1) is 0 Å². The minimum absolute atomic E-state index is 0.00550. The van der Waals surface area contributed by atoms with Crippen molar-refractivity contribution in [3.63, 3.8) is 0 Å². The molecule has 0 spiro atoms. The van der Waals surface area contributed by atoms with Gasteiger partial charge in [0.05, 0.1) is 39.3 Å². The summed E-state index contributed by atoms with van der Waals surface area (Å²) < 4.78 is 0. The van der Waals surface area contributed by atoms with E-state index in [0.717, 1.165) is 0 Å². The molecule has 0 saturated carbocycles. The number of thiol groups is 2. The van der Waals surface area contributed by atoms with Crippen molar-refractivity contribution in [2.75, 3.05) is 56.4 Å². The zero-order valence-electron chi connectivity index (χ0n) is 75.0. The molecule has 1 heterocycles. The molecule has 0 fully saturated rings. The van der Waals surface area contributed by atoms with Crippen LogP contribution in [-0.4, -0.2) is 307 Å². The monoisotopic (exact) mass is 1880 g/mol. The number of fused-ring (bicyclic) bond motifs is 1. The van der Waals surface area contributed by atoms with Crippen molar-refractivity contribution in [3.8, 4) is 0 Å². The number of para-hydroxylation sites is 1. The number of carbonyl (C=O) groups is 20. The number of benzene rings is 1. The van der Waals surface area contributed by atoms with Crippen LogP contribution in [0.1, 0.15) is 141 Å². The summed E-state index contributed by atoms with van der Waals surface area (Å²) in [5, 5.41) is 100. The van der Waals surface area contributed by atoms with E-state index >= 15 is 0 Å². The van der Waals surface area contributed by atoms with Crippen LogP contribution < -0.4 is 96.1 Å². The van der Waals surface area contributed by atoms with E-state index in [1.165, 1.54) is 39.5 Å². The predicted molar refractivity (Wildman–Crippen MR) is 477 cm³/mol. The standard InChI is InChI=1S/C81H131N19O26S3/c1-36(2)24-49(69(113)97-61(38(5)6)76(120)85-29-57(104)84-30-58(105)96-62(39(7)8)77(121)91-52(81(125)126)25-37(3)4)90-78(122)63(40(9)10)98-70(114)50(26-43-28-83-46-19-17-16-18-44(43)46)88-68(112)48(22-23-129-15)87-73(117)54(33-103)93-74(118)55(34-127)94-75(119)56(35-128)95-79(123)64(41(11)12)100-80(124)65(42(13)14)99-71(115)51(27-60(108)109)89-67(111)47(20-21-59(106)107)86-72(116)53(32-102)92-66(110)45(82)31-101/h16-19,28,36-42,45,47-56,61-65,83,101-103,127-128H,20-27,29-35,82H2,1-15H3,(H,84,104)(H,85,120)(H,86,116)(H,87,117)(H,88,112)(H,89,111)(H,90,122)(H,91,121)(H,92,110)(H,93,118)(H,94,119)(H,95,123)(H,96,105)(H,97,113)(H,98,114)(H,99,115)(H,100,124)(H,106,107)(H,108,109)(H,125,126)/t45-,47-,48-,49-,50-,51-,52-,53-,54-,55-,56-,61-,62-,63-,64-,65-/m0/s1. The molecule has 0 aliphatic rings. The number of hydrogen-bond acceptors (Lipinski definition) is 27. The highest BCUT2D eigenvalue weighted by molar-refractivity contribution is 7.98. The molecule has 2 aromatic rings. The van der Waals surface area contributed by atoms with Crippen molar-refractivity contribution in [2.45, 2.75) is 239 Å². The van der Waals surface area contributed by atoms with Crippen LogP contribution in [0.15, 0.2) is 30.5 Å². The van der Waals surface area contributed by atoms with Gasteiger partial charge in [0.2, 0.25) is 100 Å². The third-order valence-corrected chi connectivity index (χ3v) is 21.2. The number of aliphatic hydroxyl groups excluding tert-OH is 3. The first-order valence-corrected chi connectivity index (χ1v) is 44.7. The maximum Gasteiger partial charge on any atom is 0.326 e. The molecule has 17 amide bonds. The first-order chi connectivity index (χ1) is 60.4. The van der Waals surface area contributed by atoms with Gasteiger partial charge in [-0.2, -0.15) is 37.0 Å². The summed E-state index contributed by atoms with van der Waals surface area (Å²) in [7, 11) is 0. The molecule has 16 atom stereocenters. The lowest BCUT2D eigenvalue weighted by molar-refractivity contribution is -0.143. The molecule has 26 N–H and O–H groups in total. The second-order valence-corrected chi connectivity index (χ2v) is 35.0. The zero-order valence-corrected chi connectivity index (χ0v) is 77.6. The minimum Gasteiger partial charge on any atom is -0.481 e. The van der Waals surface area contributed by atoms with Gasteiger partial charge in [0.1, 0.15) is 96.7 Å². The Balaban J connectivity index is 2.37. The highest BCUT2D eigenvalue weighted by atomic mass is 32.2. The van der Waals surface area contributed by atoms with Gasteiger partial charge in [-0.1, -0.05) is 115 Å². The summed E-state index contributed by atoms with van der Waals surface area (Å²) >= 11 is 9.70. The Morgan fingerprint density at radius 1 is 0.372 bits per heavy atom. The van der Waals surface area contributed by atoms with Gasteiger partial charge < -0.3 is 132 Å². The predicted octanol–water partition coefficient (Wildman–Crippen LogP) is -6.07. The molecule has 2 rings (SSSR count). The van der Waals surface area contributed by atoms with E-state index in [0.29, 0.717) is 16.5 Å². The Bertz CT molecular complexity index is 4190. The summed E-state index contributed by atoms with van der Waals surface area (Å²) in [4.78, 5) is 273. The highest BCUT2D eigenvalue weighted by Gasteiger charge is 2.41. The van der Waals surface area contributed by atoms with E-state index in [2.05, 4.69) is 115 Å². The molecule has 0 aliphatic heterocycles. The van der Waals surface area contributed by atoms with Crippen LogP contribution in [0.3, 0.4) is 0 Å². The second kappa shape index (κ2) is 57.2. The Morgan fingerprint density at radius 3 is 1.16 bits per heavy atom. The molecular weight excluding hydrogens is 1750 g/mol. The van der Waals surface area contributed by atoms with E-state index in [4.69, 9.17) is 5.73 Å². The SMILES string of the molecule is CSCC[C@H](NC(=O)[C@H](CO)NC(=O)[C@H](CS)NC(=O)[C@H](CS)NC(=O)[C@@H](NC(=O)[C@@H](NC(=O)[C@H](CC(=O)O)NC(=O)[C@H](CCC(=O)O)NC(=O)[C@H](CO)NC(=O)[C@@H](N)CO)C(C)C)C(C)C)C(=O)N[C@@H](Cc1c[nH]c2ccccc12)C(=O)N[C@H](C(=O)N[C@@H](CC(C)C)C(=O)N[C@H](C(=O)NCC(=O)NCC(=O)N[C@H](C(=O)N[C@@H](CC(C)C)C(=O)O)C(C)C)C(C)C)C(C)C. The largest absolute Gasteiger partial charge is 0.481 e. The number of hydrogen-bond donors (Lipinski definition) is 27. The number of H-pyrrole nitrogens is 1. The Kier molecular flexibility index (Phi) is 50.6. The van der Waals surface area contributed by atoms with Gasteiger partial charge in [-0.3, -0.25) is 91.1 Å². The number of aromatic nitrogens is 1. The fraction of sp³-hybridized carbons (Fsp3) is 0.654. The van der Waals surface area contributed by atoms with Crippen LogP contribution in [0.25, 0.3) is 10.9 Å². The Hall–Kier alpha value is -10.9. The number of nitrogens with two attached hydrogens (primary N) is 1. The number of thioether (sulfide) groups is 1. The van der Waals surface area contributed by atoms with Gasteiger partial charge in [0, 0.05) is 41.4 Å². The number of nitrogens with one attached hydrogen (secondary N) is 18. The Labute approximate surface area is 762 Å². The topological polar surface area (TPSA) is 709 Å². The highest BCUT2D eigenvalue weighted by Crippen LogP contribution is 2.21. The molecule has 0 radical (unpaired) electrons. The van der Waals surface area contributed by atoms with Crippen molar-refractivity contribution in [1.29, 1.82) is 0 Å². The van der Waals surface area contributed by atoms with E-state index < -0.39 is 308 Å². The first kappa shape index (κ1) is 114. The van der Waals surface area contributed by atoms with E-state index in [-0.39, 0.29) is 43.3 Å². The van der Waals surface area contributed by atoms with Gasteiger partial charge in [0.15, 0.2) is 0 Å². The number of carboxylic acids is 3. The molecule has 0 unspecified atom stereocenters. The van der Waals surface area contributed by atoms with E-state index in [9.17, 15) is 127 Å². The van der Waals surface area contributed by atoms with Gasteiger partial charge in [-0.25, -0.2) is 4.79 Å². The quantitative estimate of drug-likeness (QED) is 0.0274. The van der Waals surface area contributed by atoms with Crippen molar-refractivity contribution >= 4 is 166 Å². The van der Waals surface area contributed by atoms with Crippen molar-refractivity contribution in [3.05, 3.63) is 36.0 Å². The maximum absolute atomic E-state index is 14.9. The van der Waals surface area contributed by atoms with E-state index in [1.807, 2.05) is 5.32 Å². The number of aromatic amines is 1. The van der Waals surface area contributed by atoms with Crippen molar-refractivity contribution < 1.29 is 127 Å². The normalized spacial score (nSPS) is 15.1. The minimum atomic E-state index is -2.04. The van der Waals surface area contributed by atoms with Crippen molar-refractivity contribution in [2.24, 2.45) is 47.2 Å². The lowest BCUT2D eigenvalue weighted by Gasteiger charge is -2.30. The summed E-state index contributed by atoms with van der Waals surface area (Å²) in [5.74, 6) is -26.1. The summed E-state index contributed by atoms with van der Waals surface area (Å²) in [6.07, 6.45) is 0.456. The summed E-state index contributed by atoms with van der Waals surface area (Å²) in [6.45, 7) is 18.2. The fourth-order valence-corrected chi connectivity index (χ4v) is 13.5. The maximum atomic E-state index is 14.9. The van der Waals surface area contributed by atoms with Crippen LogP contribution in [0, 0.1) is 41.4 Å². The molecule has 0 bridgehead atoms. The molecule has 48 heteroatoms. The molecular formula is C81H131N19O26S3. The van der Waals surface area contributed by atoms with E-state index in [1.54, 1.807) is 106 Å². The lowest BCUT2D eigenvalue weighted by atomic mass is 9.97. The fourth-order valence-electron chi connectivity index (χ4n) is 12.5. The van der Waals surface area contributed by atoms with Gasteiger partial charge >= 0.3 is 17.9 Å². The smallest absolute Gasteiger partial charge is 0.326 e. The van der Waals surface area contributed by atoms with Crippen LogP contribution >= 0.6 is 37.0 Å². The number of aliphatic carboxylic acids is 3. The third-order valence-electron chi connectivity index (χ3n) is 19.8. The summed E-state index contributed by atoms with van der Waals surface area (Å²) in [6, 6.07) is -17.9. The lowest BCUT2D eigenvalue weighted by Crippen LogP contribution is -2.62. The third kappa shape index (κ3) is 39.5. The van der Waals surface area contributed by atoms with Gasteiger partial charge in [-0.05, 0) is 90.7 Å². The Morgan fingerprint density at radius 2 is 0.721 bits per heavy atom. The second-order valence-electron chi connectivity index (χ2n) is 33.3. The van der Waals surface area contributed by atoms with Crippen LogP contribution in [0.4, 0.5) is 0 Å². The van der Waals surface area contributed by atoms with Crippen LogP contribution in [0.2, 0.25) is 0 Å². The molecule has 0 saturated heterocycles. The van der Waals surface area contributed by atoms with Crippen LogP contribution in [0.5, 0.6) is 0 Å². The number of carboxylic acid groups (broad SMARTS) is 3. The molecule has 45 nitrogen and oxygen atoms in total. The number of carbonyl (C=O) groups excluding carboxylic acids is 17. The molecule has 129 heavy (non-hydrogen) atoms. The van der Waals surface area contributed by atoms with Crippen molar-refractivity contribution in [1.82, 2.24) is 95.4 Å². The number of rotatable bonds is 59. The number of amides is 17. The molecule has 1 aromatic carbocycles.